The predicted molar refractivity (Wildman–Crippen MR) is 101 cm³/mol. The van der Waals surface area contributed by atoms with Crippen LogP contribution in [0.25, 0.3) is 0 Å². The highest BCUT2D eigenvalue weighted by molar-refractivity contribution is 6.00. The van der Waals surface area contributed by atoms with Gasteiger partial charge in [-0.1, -0.05) is 24.3 Å². The van der Waals surface area contributed by atoms with E-state index in [1.807, 2.05) is 50.2 Å². The van der Waals surface area contributed by atoms with Crippen LogP contribution in [0.3, 0.4) is 0 Å². The third-order valence-electron chi connectivity index (χ3n) is 5.10. The van der Waals surface area contributed by atoms with Gasteiger partial charge in [-0.3, -0.25) is 9.59 Å². The van der Waals surface area contributed by atoms with Gasteiger partial charge in [-0.15, -0.1) is 0 Å². The fraction of sp³-hybridized carbons (Fsp3) is 0.333. The summed E-state index contributed by atoms with van der Waals surface area (Å²) in [4.78, 5) is 24.8. The minimum atomic E-state index is -0.263. The Kier molecular flexibility index (Phi) is 4.48. The van der Waals surface area contributed by atoms with Crippen molar-refractivity contribution in [1.29, 1.82) is 0 Å². The summed E-state index contributed by atoms with van der Waals surface area (Å²) in [6.45, 7) is 4.55. The molecule has 2 N–H and O–H groups in total. The Hall–Kier alpha value is -3.02. The minimum absolute atomic E-state index is 0.0874. The zero-order valence-electron chi connectivity index (χ0n) is 15.4. The lowest BCUT2D eigenvalue weighted by Gasteiger charge is -2.11. The van der Waals surface area contributed by atoms with Gasteiger partial charge in [-0.25, -0.2) is 0 Å². The van der Waals surface area contributed by atoms with Crippen LogP contribution in [0.1, 0.15) is 23.1 Å². The van der Waals surface area contributed by atoms with Gasteiger partial charge in [0.15, 0.2) is 11.5 Å². The van der Waals surface area contributed by atoms with E-state index in [9.17, 15) is 9.59 Å². The molecular weight excluding hydrogens is 344 g/mol. The van der Waals surface area contributed by atoms with Crippen molar-refractivity contribution in [2.45, 2.75) is 26.8 Å². The van der Waals surface area contributed by atoms with Gasteiger partial charge in [0, 0.05) is 12.2 Å². The van der Waals surface area contributed by atoms with Gasteiger partial charge in [0.05, 0.1) is 11.8 Å². The van der Waals surface area contributed by atoms with Crippen molar-refractivity contribution in [3.05, 3.63) is 53.1 Å². The summed E-state index contributed by atoms with van der Waals surface area (Å²) in [5, 5.41) is 5.89. The Morgan fingerprint density at radius 3 is 2.48 bits per heavy atom. The van der Waals surface area contributed by atoms with E-state index in [1.165, 1.54) is 0 Å². The second-order valence-electron chi connectivity index (χ2n) is 7.11. The molecule has 2 amide bonds. The molecule has 2 atom stereocenters. The summed E-state index contributed by atoms with van der Waals surface area (Å²) in [5.74, 6) is 0.712. The van der Waals surface area contributed by atoms with Crippen LogP contribution >= 0.6 is 0 Å². The zero-order valence-corrected chi connectivity index (χ0v) is 15.4. The predicted octanol–water partition coefficient (Wildman–Crippen LogP) is 2.92. The molecule has 1 heterocycles. The van der Waals surface area contributed by atoms with Crippen molar-refractivity contribution in [2.75, 3.05) is 12.1 Å². The molecule has 1 fully saturated rings. The second kappa shape index (κ2) is 6.95. The maximum absolute atomic E-state index is 12.5. The first kappa shape index (κ1) is 17.4. The maximum atomic E-state index is 12.5. The van der Waals surface area contributed by atoms with Crippen LogP contribution in [-0.4, -0.2) is 18.6 Å². The van der Waals surface area contributed by atoms with Gasteiger partial charge in [0.2, 0.25) is 18.6 Å². The molecule has 2 aromatic carbocycles. The Labute approximate surface area is 157 Å². The molecule has 2 unspecified atom stereocenters. The van der Waals surface area contributed by atoms with Crippen molar-refractivity contribution in [3.63, 3.8) is 0 Å². The summed E-state index contributed by atoms with van der Waals surface area (Å²) in [6, 6.07) is 11.5. The van der Waals surface area contributed by atoms with Crippen molar-refractivity contribution in [1.82, 2.24) is 5.32 Å². The van der Waals surface area contributed by atoms with Crippen molar-refractivity contribution in [2.24, 2.45) is 11.8 Å². The Balaban J connectivity index is 1.30. The largest absolute Gasteiger partial charge is 0.454 e. The molecule has 27 heavy (non-hydrogen) atoms. The second-order valence-corrected chi connectivity index (χ2v) is 7.11. The third-order valence-corrected chi connectivity index (χ3v) is 5.10. The number of ether oxygens (including phenoxy) is 2. The molecule has 0 aromatic heterocycles. The number of hydrogen-bond acceptors (Lipinski definition) is 4. The molecule has 4 rings (SSSR count). The van der Waals surface area contributed by atoms with Crippen LogP contribution in [0.5, 0.6) is 11.5 Å². The normalized spacial score (nSPS) is 19.5. The molecule has 0 saturated heterocycles. The van der Waals surface area contributed by atoms with Crippen LogP contribution in [0, 0.1) is 25.7 Å². The van der Waals surface area contributed by atoms with E-state index >= 15 is 0 Å². The summed E-state index contributed by atoms with van der Waals surface area (Å²) in [5.41, 5.74) is 3.82. The lowest BCUT2D eigenvalue weighted by molar-refractivity contribution is -0.125. The quantitative estimate of drug-likeness (QED) is 0.853. The first-order chi connectivity index (χ1) is 13.0. The number of anilines is 1. The Morgan fingerprint density at radius 2 is 1.70 bits per heavy atom. The smallest absolute Gasteiger partial charge is 0.231 e. The first-order valence-corrected chi connectivity index (χ1v) is 9.06. The summed E-state index contributed by atoms with van der Waals surface area (Å²) < 4.78 is 10.6. The Morgan fingerprint density at radius 1 is 1.00 bits per heavy atom. The van der Waals surface area contributed by atoms with E-state index in [2.05, 4.69) is 10.6 Å². The number of rotatable bonds is 5. The van der Waals surface area contributed by atoms with Gasteiger partial charge >= 0.3 is 0 Å². The fourth-order valence-electron chi connectivity index (χ4n) is 3.37. The maximum Gasteiger partial charge on any atom is 0.231 e. The SMILES string of the molecule is Cc1cccc(C)c1NC(=O)C1CC1C(=O)NCc1ccc2c(c1)OCO2. The number of nitrogens with one attached hydrogen (secondary N) is 2. The molecule has 0 bridgehead atoms. The molecule has 140 valence electrons. The standard InChI is InChI=1S/C21H22N2O4/c1-12-4-3-5-13(2)19(12)23-21(25)16-9-15(16)20(24)22-10-14-6-7-17-18(8-14)27-11-26-17/h3-8,15-16H,9-11H2,1-2H3,(H,22,24)(H,23,25). The molecule has 6 heteroatoms. The van der Waals surface area contributed by atoms with E-state index < -0.39 is 0 Å². The molecule has 6 nitrogen and oxygen atoms in total. The highest BCUT2D eigenvalue weighted by atomic mass is 16.7. The van der Waals surface area contributed by atoms with E-state index in [0.29, 0.717) is 18.7 Å². The summed E-state index contributed by atoms with van der Waals surface area (Å²) in [7, 11) is 0. The average molecular weight is 366 g/mol. The van der Waals surface area contributed by atoms with Crippen LogP contribution in [0.15, 0.2) is 36.4 Å². The van der Waals surface area contributed by atoms with Crippen LogP contribution < -0.4 is 20.1 Å². The number of carbonyl (C=O) groups is 2. The van der Waals surface area contributed by atoms with Crippen LogP contribution in [-0.2, 0) is 16.1 Å². The van der Waals surface area contributed by atoms with Crippen LogP contribution in [0.2, 0.25) is 0 Å². The topological polar surface area (TPSA) is 76.7 Å². The summed E-state index contributed by atoms with van der Waals surface area (Å²) in [6.07, 6.45) is 0.587. The van der Waals surface area contributed by atoms with E-state index in [1.54, 1.807) is 0 Å². The number of fused-ring (bicyclic) bond motifs is 1. The van der Waals surface area contributed by atoms with Gasteiger partial charge in [0.25, 0.3) is 0 Å². The van der Waals surface area contributed by atoms with Gasteiger partial charge < -0.3 is 20.1 Å². The van der Waals surface area contributed by atoms with Gasteiger partial charge in [0.1, 0.15) is 0 Å². The zero-order chi connectivity index (χ0) is 19.0. The highest BCUT2D eigenvalue weighted by Gasteiger charge is 2.48. The van der Waals surface area contributed by atoms with E-state index in [4.69, 9.17) is 9.47 Å². The monoisotopic (exact) mass is 366 g/mol. The number of hydrogen-bond donors (Lipinski definition) is 2. The molecule has 1 saturated carbocycles. The highest BCUT2D eigenvalue weighted by Crippen LogP contribution is 2.40. The molecular formula is C21H22N2O4. The lowest BCUT2D eigenvalue weighted by atomic mass is 10.1. The number of aryl methyl sites for hydroxylation is 2. The fourth-order valence-corrected chi connectivity index (χ4v) is 3.37. The Bertz CT molecular complexity index is 889. The molecule has 1 aliphatic carbocycles. The lowest BCUT2D eigenvalue weighted by Crippen LogP contribution is -2.27. The molecule has 0 radical (unpaired) electrons. The van der Waals surface area contributed by atoms with Crippen molar-refractivity contribution in [3.8, 4) is 11.5 Å². The van der Waals surface area contributed by atoms with Crippen LogP contribution in [0.4, 0.5) is 5.69 Å². The number of benzene rings is 2. The van der Waals surface area contributed by atoms with Gasteiger partial charge in [-0.05, 0) is 49.1 Å². The minimum Gasteiger partial charge on any atom is -0.454 e. The molecule has 0 spiro atoms. The average Bonchev–Trinajstić information content (AvgIpc) is 3.33. The van der Waals surface area contributed by atoms with Gasteiger partial charge in [-0.2, -0.15) is 0 Å². The van der Waals surface area contributed by atoms with Crippen molar-refractivity contribution < 1.29 is 19.1 Å². The molecule has 1 aliphatic heterocycles. The van der Waals surface area contributed by atoms with E-state index in [0.717, 1.165) is 28.1 Å². The number of amides is 2. The number of carbonyl (C=O) groups excluding carboxylic acids is 2. The number of para-hydroxylation sites is 1. The molecule has 2 aromatic rings. The summed E-state index contributed by atoms with van der Waals surface area (Å²) >= 11 is 0. The van der Waals surface area contributed by atoms with Crippen molar-refractivity contribution >= 4 is 17.5 Å². The molecule has 2 aliphatic rings. The first-order valence-electron chi connectivity index (χ1n) is 9.06. The van der Waals surface area contributed by atoms with E-state index in [-0.39, 0.29) is 30.4 Å². The third kappa shape index (κ3) is 3.60.